The third kappa shape index (κ3) is 3.67. The number of nitrogens with zero attached hydrogens (tertiary/aromatic N) is 2. The van der Waals surface area contributed by atoms with E-state index in [1.165, 1.54) is 16.9 Å². The van der Waals surface area contributed by atoms with Crippen molar-refractivity contribution in [3.63, 3.8) is 0 Å². The molecule has 0 amide bonds. The summed E-state index contributed by atoms with van der Waals surface area (Å²) in [4.78, 5) is 18.5. The molecule has 0 fully saturated rings. The predicted molar refractivity (Wildman–Crippen MR) is 87.7 cm³/mol. The van der Waals surface area contributed by atoms with Crippen LogP contribution in [0, 0.1) is 0 Å². The zero-order valence-electron chi connectivity index (χ0n) is 11.6. The van der Waals surface area contributed by atoms with Gasteiger partial charge < -0.3 is 4.90 Å². The monoisotopic (exact) mass is 352 g/mol. The third-order valence-electron chi connectivity index (χ3n) is 2.97. The fourth-order valence-corrected chi connectivity index (χ4v) is 3.10. The summed E-state index contributed by atoms with van der Waals surface area (Å²) in [5, 5.41) is 0.901. The zero-order chi connectivity index (χ0) is 14.5. The van der Waals surface area contributed by atoms with Crippen molar-refractivity contribution in [2.75, 3.05) is 11.9 Å². The molecule has 0 aliphatic carbocycles. The molecule has 1 aromatic heterocycles. The number of hydrogen-bond donors (Lipinski definition) is 0. The molecule has 1 aromatic carbocycles. The maximum atomic E-state index is 11.1. The largest absolute Gasteiger partial charge is 0.347 e. The van der Waals surface area contributed by atoms with Crippen LogP contribution in [-0.4, -0.2) is 18.3 Å². The quantitative estimate of drug-likeness (QED) is 0.726. The van der Waals surface area contributed by atoms with E-state index in [4.69, 9.17) is 0 Å². The minimum absolute atomic E-state index is 0.754. The maximum absolute atomic E-state index is 11.1. The summed E-state index contributed by atoms with van der Waals surface area (Å²) in [7, 11) is 2.01. The van der Waals surface area contributed by atoms with Gasteiger partial charge in [-0.1, -0.05) is 52.7 Å². The number of hydrogen-bond acceptors (Lipinski definition) is 4. The fraction of sp³-hybridized carbons (Fsp3) is 0.333. The molecule has 1 heterocycles. The predicted octanol–water partition coefficient (Wildman–Crippen LogP) is 4.31. The second-order valence-electron chi connectivity index (χ2n) is 4.66. The number of aryl methyl sites for hydroxylation is 1. The van der Waals surface area contributed by atoms with Crippen molar-refractivity contribution in [1.29, 1.82) is 0 Å². The Morgan fingerprint density at radius 3 is 2.65 bits per heavy atom. The first kappa shape index (κ1) is 15.2. The Labute approximate surface area is 131 Å². The van der Waals surface area contributed by atoms with Gasteiger partial charge in [-0.2, -0.15) is 0 Å². The molecule has 3 nitrogen and oxygen atoms in total. The first-order valence-corrected chi connectivity index (χ1v) is 8.15. The Balaban J connectivity index is 2.14. The molecule has 0 bridgehead atoms. The van der Waals surface area contributed by atoms with Crippen LogP contribution in [0.5, 0.6) is 0 Å². The van der Waals surface area contributed by atoms with Crippen molar-refractivity contribution in [2.45, 2.75) is 26.3 Å². The fourth-order valence-electron chi connectivity index (χ4n) is 1.95. The Morgan fingerprint density at radius 1 is 1.35 bits per heavy atom. The van der Waals surface area contributed by atoms with E-state index >= 15 is 0 Å². The zero-order valence-corrected chi connectivity index (χ0v) is 14.0. The van der Waals surface area contributed by atoms with Gasteiger partial charge in [-0.3, -0.25) is 4.79 Å². The Bertz CT molecular complexity index is 580. The van der Waals surface area contributed by atoms with E-state index in [9.17, 15) is 4.79 Å². The van der Waals surface area contributed by atoms with E-state index in [-0.39, 0.29) is 0 Å². The molecule has 2 aromatic rings. The summed E-state index contributed by atoms with van der Waals surface area (Å²) in [6.07, 6.45) is 2.77. The number of thiazole rings is 1. The smallest absolute Gasteiger partial charge is 0.186 e. The van der Waals surface area contributed by atoms with Crippen molar-refractivity contribution in [1.82, 2.24) is 4.98 Å². The molecule has 0 saturated carbocycles. The Morgan fingerprint density at radius 2 is 2.05 bits per heavy atom. The highest BCUT2D eigenvalue weighted by molar-refractivity contribution is 9.10. The van der Waals surface area contributed by atoms with E-state index in [2.05, 4.69) is 44.9 Å². The molecule has 0 N–H and O–H groups in total. The third-order valence-corrected chi connectivity index (χ3v) is 4.64. The van der Waals surface area contributed by atoms with Gasteiger partial charge in [0, 0.05) is 18.1 Å². The van der Waals surface area contributed by atoms with Crippen molar-refractivity contribution in [3.05, 3.63) is 44.9 Å². The number of anilines is 1. The number of carbonyl (C=O) groups excluding carboxylic acids is 1. The number of halogens is 1. The molecule has 106 valence electrons. The first-order chi connectivity index (χ1) is 9.63. The minimum atomic E-state index is 0.754. The van der Waals surface area contributed by atoms with E-state index in [0.717, 1.165) is 45.8 Å². The van der Waals surface area contributed by atoms with Crippen LogP contribution in [-0.2, 0) is 13.0 Å². The average Bonchev–Trinajstić information content (AvgIpc) is 2.85. The lowest BCUT2D eigenvalue weighted by molar-refractivity contribution is 0.112. The standard InChI is InChI=1S/C15H17BrN2OS/c1-3-4-13-14(10-19)20-15(17-13)18(2)9-11-5-7-12(16)8-6-11/h5-8,10H,3-4,9H2,1-2H3. The molecular formula is C15H17BrN2OS. The molecule has 5 heteroatoms. The molecule has 0 atom stereocenters. The summed E-state index contributed by atoms with van der Waals surface area (Å²) in [6.45, 7) is 2.88. The summed E-state index contributed by atoms with van der Waals surface area (Å²) >= 11 is 4.90. The number of rotatable bonds is 6. The van der Waals surface area contributed by atoms with Crippen molar-refractivity contribution in [2.24, 2.45) is 0 Å². The van der Waals surface area contributed by atoms with E-state index in [0.29, 0.717) is 0 Å². The van der Waals surface area contributed by atoms with Crippen LogP contribution >= 0.6 is 27.3 Å². The van der Waals surface area contributed by atoms with Crippen LogP contribution in [0.2, 0.25) is 0 Å². The van der Waals surface area contributed by atoms with Crippen LogP contribution in [0.15, 0.2) is 28.7 Å². The van der Waals surface area contributed by atoms with Crippen LogP contribution in [0.3, 0.4) is 0 Å². The lowest BCUT2D eigenvalue weighted by atomic mass is 10.2. The average molecular weight is 353 g/mol. The van der Waals surface area contributed by atoms with Crippen molar-refractivity contribution >= 4 is 38.7 Å². The topological polar surface area (TPSA) is 33.2 Å². The van der Waals surface area contributed by atoms with Crippen molar-refractivity contribution < 1.29 is 4.79 Å². The van der Waals surface area contributed by atoms with Gasteiger partial charge in [0.1, 0.15) is 0 Å². The summed E-state index contributed by atoms with van der Waals surface area (Å²) < 4.78 is 1.08. The van der Waals surface area contributed by atoms with Crippen molar-refractivity contribution in [3.8, 4) is 0 Å². The number of aromatic nitrogens is 1. The van der Waals surface area contributed by atoms with Crippen LogP contribution in [0.1, 0.15) is 34.3 Å². The lowest BCUT2D eigenvalue weighted by Gasteiger charge is -2.15. The van der Waals surface area contributed by atoms with Gasteiger partial charge in [0.2, 0.25) is 0 Å². The highest BCUT2D eigenvalue weighted by Crippen LogP contribution is 2.26. The van der Waals surface area contributed by atoms with E-state index in [1.807, 2.05) is 19.2 Å². The Hall–Kier alpha value is -1.20. The van der Waals surface area contributed by atoms with Crippen LogP contribution in [0.4, 0.5) is 5.13 Å². The van der Waals surface area contributed by atoms with E-state index < -0.39 is 0 Å². The minimum Gasteiger partial charge on any atom is -0.347 e. The summed E-state index contributed by atoms with van der Waals surface area (Å²) in [5.74, 6) is 0. The van der Waals surface area contributed by atoms with Gasteiger partial charge in [0.15, 0.2) is 11.4 Å². The van der Waals surface area contributed by atoms with Crippen LogP contribution < -0.4 is 4.90 Å². The number of aldehydes is 1. The Kier molecular flexibility index (Phi) is 5.31. The molecule has 20 heavy (non-hydrogen) atoms. The van der Waals surface area contributed by atoms with Gasteiger partial charge >= 0.3 is 0 Å². The molecule has 0 saturated heterocycles. The highest BCUT2D eigenvalue weighted by Gasteiger charge is 2.13. The maximum Gasteiger partial charge on any atom is 0.186 e. The second-order valence-corrected chi connectivity index (χ2v) is 6.58. The van der Waals surface area contributed by atoms with Crippen LogP contribution in [0.25, 0.3) is 0 Å². The van der Waals surface area contributed by atoms with Gasteiger partial charge in [-0.15, -0.1) is 0 Å². The number of benzene rings is 1. The molecule has 0 radical (unpaired) electrons. The van der Waals surface area contributed by atoms with Gasteiger partial charge in [0.05, 0.1) is 10.6 Å². The number of carbonyl (C=O) groups is 1. The molecule has 0 unspecified atom stereocenters. The highest BCUT2D eigenvalue weighted by atomic mass is 79.9. The molecule has 2 rings (SSSR count). The molecule has 0 aliphatic heterocycles. The van der Waals surface area contributed by atoms with Gasteiger partial charge in [0.25, 0.3) is 0 Å². The van der Waals surface area contributed by atoms with Gasteiger partial charge in [-0.25, -0.2) is 4.98 Å². The first-order valence-electron chi connectivity index (χ1n) is 6.54. The summed E-state index contributed by atoms with van der Waals surface area (Å²) in [6, 6.07) is 8.23. The molecular weight excluding hydrogens is 336 g/mol. The second kappa shape index (κ2) is 6.99. The normalized spacial score (nSPS) is 10.6. The molecule has 0 aliphatic rings. The van der Waals surface area contributed by atoms with E-state index in [1.54, 1.807) is 0 Å². The van der Waals surface area contributed by atoms with Gasteiger partial charge in [-0.05, 0) is 24.1 Å². The summed E-state index contributed by atoms with van der Waals surface area (Å²) in [5.41, 5.74) is 2.14. The molecule has 0 spiro atoms. The lowest BCUT2D eigenvalue weighted by Crippen LogP contribution is -2.16. The SMILES string of the molecule is CCCc1nc(N(C)Cc2ccc(Br)cc2)sc1C=O.